The van der Waals surface area contributed by atoms with Crippen molar-refractivity contribution in [3.63, 3.8) is 0 Å². The van der Waals surface area contributed by atoms with E-state index in [0.29, 0.717) is 18.7 Å². The van der Waals surface area contributed by atoms with Gasteiger partial charge in [0.05, 0.1) is 12.7 Å². The van der Waals surface area contributed by atoms with E-state index in [1.807, 2.05) is 12.1 Å². The molecule has 2 aromatic rings. The summed E-state index contributed by atoms with van der Waals surface area (Å²) in [4.78, 5) is 15.1. The van der Waals surface area contributed by atoms with Crippen molar-refractivity contribution in [2.75, 3.05) is 38.2 Å². The van der Waals surface area contributed by atoms with E-state index in [0.717, 1.165) is 48.8 Å². The highest BCUT2D eigenvalue weighted by atomic mass is 19.4. The number of hydrogen-bond acceptors (Lipinski definition) is 4. The van der Waals surface area contributed by atoms with Gasteiger partial charge in [-0.2, -0.15) is 13.2 Å². The van der Waals surface area contributed by atoms with Gasteiger partial charge in [0.15, 0.2) is 0 Å². The fourth-order valence-corrected chi connectivity index (χ4v) is 5.47. The summed E-state index contributed by atoms with van der Waals surface area (Å²) in [7, 11) is 1.34. The van der Waals surface area contributed by atoms with Crippen LogP contribution in [0.5, 0.6) is 5.75 Å². The van der Waals surface area contributed by atoms with Crippen LogP contribution >= 0.6 is 0 Å². The molecule has 2 aromatic carbocycles. The molecule has 0 saturated carbocycles. The molecule has 5 rings (SSSR count). The normalized spacial score (nSPS) is 22.2. The molecule has 0 radical (unpaired) electrons. The fraction of sp³-hybridized carbons (Fsp3) is 0.435. The number of carbonyl (C=O) groups is 1. The van der Waals surface area contributed by atoms with Crippen LogP contribution in [0.25, 0.3) is 11.1 Å². The van der Waals surface area contributed by atoms with Crippen LogP contribution in [0.15, 0.2) is 30.3 Å². The molecular formula is C23H22F3N2O3-. The van der Waals surface area contributed by atoms with Gasteiger partial charge in [-0.25, -0.2) is 0 Å². The van der Waals surface area contributed by atoms with E-state index in [4.69, 9.17) is 4.74 Å². The van der Waals surface area contributed by atoms with E-state index in [-0.39, 0.29) is 23.1 Å². The van der Waals surface area contributed by atoms with E-state index >= 15 is 0 Å². The summed E-state index contributed by atoms with van der Waals surface area (Å²) >= 11 is 0. The highest BCUT2D eigenvalue weighted by molar-refractivity contribution is 5.77. The molecule has 8 heteroatoms. The molecular weight excluding hydrogens is 409 g/mol. The fourth-order valence-electron chi connectivity index (χ4n) is 5.47. The first-order valence-electron chi connectivity index (χ1n) is 10.4. The molecule has 3 aliphatic heterocycles. The van der Waals surface area contributed by atoms with Gasteiger partial charge < -0.3 is 24.4 Å². The maximum absolute atomic E-state index is 13.9. The first kappa shape index (κ1) is 20.0. The standard InChI is InChI=1S/C23H23F3N2O3/c1-31-16-4-5-17(20(9-16)23(24,25)26)14-7-13-3-2-6-27-10-15-11-28(22(29)30)12-19(15)18(8-14)21(13)27/h4-5,7-9,15,19H,2-3,6,10-12H2,1H3,(H,29,30)/p-1. The smallest absolute Gasteiger partial charge is 0.417 e. The number of likely N-dealkylation sites (tertiary alicyclic amines) is 1. The van der Waals surface area contributed by atoms with Gasteiger partial charge in [-0.3, -0.25) is 0 Å². The van der Waals surface area contributed by atoms with Crippen molar-refractivity contribution in [1.29, 1.82) is 0 Å². The number of carboxylic acid groups (broad SMARTS) is 1. The molecule has 2 unspecified atom stereocenters. The molecule has 0 aliphatic carbocycles. The van der Waals surface area contributed by atoms with E-state index in [9.17, 15) is 23.1 Å². The number of carbonyl (C=O) groups excluding carboxylic acids is 1. The summed E-state index contributed by atoms with van der Waals surface area (Å²) in [6.45, 7) is 2.37. The van der Waals surface area contributed by atoms with Crippen molar-refractivity contribution >= 4 is 11.8 Å². The Morgan fingerprint density at radius 2 is 1.97 bits per heavy atom. The van der Waals surface area contributed by atoms with Crippen LogP contribution in [0.4, 0.5) is 23.7 Å². The van der Waals surface area contributed by atoms with Gasteiger partial charge in [-0.1, -0.05) is 6.07 Å². The zero-order chi connectivity index (χ0) is 21.9. The quantitative estimate of drug-likeness (QED) is 0.731. The van der Waals surface area contributed by atoms with E-state index in [1.54, 1.807) is 0 Å². The molecule has 5 nitrogen and oxygen atoms in total. The van der Waals surface area contributed by atoms with E-state index < -0.39 is 17.8 Å². The second-order valence-electron chi connectivity index (χ2n) is 8.57. The molecule has 0 spiro atoms. The lowest BCUT2D eigenvalue weighted by atomic mass is 9.78. The maximum atomic E-state index is 13.9. The number of methoxy groups -OCH3 is 1. The Hall–Kier alpha value is -2.90. The Balaban J connectivity index is 1.67. The third-order valence-electron chi connectivity index (χ3n) is 6.81. The first-order chi connectivity index (χ1) is 14.8. The second-order valence-corrected chi connectivity index (χ2v) is 8.57. The van der Waals surface area contributed by atoms with Crippen LogP contribution in [0, 0.1) is 5.92 Å². The molecule has 164 valence electrons. The third kappa shape index (κ3) is 3.28. The summed E-state index contributed by atoms with van der Waals surface area (Å²) in [6.07, 6.45) is -3.99. The topological polar surface area (TPSA) is 55.8 Å². The van der Waals surface area contributed by atoms with Gasteiger partial charge in [0.1, 0.15) is 11.8 Å². The summed E-state index contributed by atoms with van der Waals surface area (Å²) < 4.78 is 46.6. The zero-order valence-electron chi connectivity index (χ0n) is 17.0. The van der Waals surface area contributed by atoms with Crippen LogP contribution in [-0.2, 0) is 12.6 Å². The van der Waals surface area contributed by atoms with Crippen molar-refractivity contribution < 1.29 is 27.8 Å². The number of anilines is 1. The lowest BCUT2D eigenvalue weighted by Gasteiger charge is -2.42. The number of hydrogen-bond donors (Lipinski definition) is 0. The van der Waals surface area contributed by atoms with E-state index in [1.165, 1.54) is 24.1 Å². The number of ether oxygens (including phenoxy) is 1. The Bertz CT molecular complexity index is 1050. The number of benzene rings is 2. The molecule has 3 aliphatic rings. The minimum atomic E-state index is -4.52. The Kier molecular flexibility index (Phi) is 4.57. The largest absolute Gasteiger partial charge is 0.530 e. The molecule has 1 amide bonds. The number of aryl methyl sites for hydroxylation is 1. The minimum absolute atomic E-state index is 0.0338. The summed E-state index contributed by atoms with van der Waals surface area (Å²) in [6, 6.07) is 7.73. The zero-order valence-corrected chi connectivity index (χ0v) is 17.0. The van der Waals surface area contributed by atoms with Crippen LogP contribution in [0.1, 0.15) is 29.0 Å². The monoisotopic (exact) mass is 431 g/mol. The molecule has 3 heterocycles. The van der Waals surface area contributed by atoms with Crippen molar-refractivity contribution in [2.45, 2.75) is 24.9 Å². The van der Waals surface area contributed by atoms with Crippen LogP contribution in [0.2, 0.25) is 0 Å². The van der Waals surface area contributed by atoms with Gasteiger partial charge in [0.2, 0.25) is 0 Å². The number of halogens is 3. The van der Waals surface area contributed by atoms with Gasteiger partial charge in [0, 0.05) is 43.7 Å². The lowest BCUT2D eigenvalue weighted by molar-refractivity contribution is -0.264. The first-order valence-corrected chi connectivity index (χ1v) is 10.4. The summed E-state index contributed by atoms with van der Waals surface area (Å²) in [5.74, 6) is 0.236. The molecule has 1 fully saturated rings. The second kappa shape index (κ2) is 7.07. The minimum Gasteiger partial charge on any atom is -0.530 e. The maximum Gasteiger partial charge on any atom is 0.417 e. The van der Waals surface area contributed by atoms with Crippen molar-refractivity contribution in [3.05, 3.63) is 47.0 Å². The molecule has 1 saturated heterocycles. The van der Waals surface area contributed by atoms with Crippen molar-refractivity contribution in [3.8, 4) is 16.9 Å². The van der Waals surface area contributed by atoms with Crippen molar-refractivity contribution in [2.24, 2.45) is 5.92 Å². The number of nitrogens with zero attached hydrogens (tertiary/aromatic N) is 2. The average molecular weight is 431 g/mol. The van der Waals surface area contributed by atoms with Crippen LogP contribution in [-0.4, -0.2) is 44.3 Å². The van der Waals surface area contributed by atoms with Gasteiger partial charge in [-0.15, -0.1) is 0 Å². The van der Waals surface area contributed by atoms with Crippen LogP contribution < -0.4 is 14.7 Å². The predicted octanol–water partition coefficient (Wildman–Crippen LogP) is 3.51. The molecule has 31 heavy (non-hydrogen) atoms. The summed E-state index contributed by atoms with van der Waals surface area (Å²) in [5, 5.41) is 11.5. The predicted molar refractivity (Wildman–Crippen MR) is 107 cm³/mol. The molecule has 0 N–H and O–H groups in total. The van der Waals surface area contributed by atoms with Gasteiger partial charge >= 0.3 is 6.18 Å². The average Bonchev–Trinajstić information content (AvgIpc) is 3.17. The Morgan fingerprint density at radius 1 is 1.16 bits per heavy atom. The lowest BCUT2D eigenvalue weighted by Crippen LogP contribution is -2.41. The SMILES string of the molecule is COc1ccc(-c2cc3c4c(c2)C2CN(C(=O)[O-])CC2CN4CCC3)c(C(F)(F)F)c1. The van der Waals surface area contributed by atoms with E-state index in [2.05, 4.69) is 4.90 Å². The molecule has 0 bridgehead atoms. The summed E-state index contributed by atoms with van der Waals surface area (Å²) in [5.41, 5.74) is 2.96. The molecule has 0 aromatic heterocycles. The number of rotatable bonds is 2. The van der Waals surface area contributed by atoms with Crippen molar-refractivity contribution in [1.82, 2.24) is 4.90 Å². The Labute approximate surface area is 178 Å². The number of alkyl halides is 3. The van der Waals surface area contributed by atoms with Gasteiger partial charge in [0.25, 0.3) is 0 Å². The molecule has 2 atom stereocenters. The number of fused-ring (bicyclic) bond motifs is 2. The third-order valence-corrected chi connectivity index (χ3v) is 6.81. The number of amides is 1. The van der Waals surface area contributed by atoms with Crippen LogP contribution in [0.3, 0.4) is 0 Å². The van der Waals surface area contributed by atoms with Gasteiger partial charge in [-0.05, 0) is 59.4 Å². The Morgan fingerprint density at radius 3 is 2.68 bits per heavy atom. The highest BCUT2D eigenvalue weighted by Gasteiger charge is 2.42. The highest BCUT2D eigenvalue weighted by Crippen LogP contribution is 2.49.